The Morgan fingerprint density at radius 1 is 0.952 bits per heavy atom. The van der Waals surface area contributed by atoms with Gasteiger partial charge < -0.3 is 14.6 Å². The summed E-state index contributed by atoms with van der Waals surface area (Å²) in [5.41, 5.74) is 0.133. The van der Waals surface area contributed by atoms with Crippen molar-refractivity contribution in [2.75, 3.05) is 0 Å². The van der Waals surface area contributed by atoms with Crippen LogP contribution in [0.2, 0.25) is 0 Å². The number of hydrogen-bond acceptors (Lipinski definition) is 3. The molecular formula is C17H20O4. The summed E-state index contributed by atoms with van der Waals surface area (Å²) in [5.74, 6) is 0.295. The van der Waals surface area contributed by atoms with Crippen molar-refractivity contribution >= 4 is 5.97 Å². The molecular weight excluding hydrogens is 268 g/mol. The molecule has 0 bridgehead atoms. The third-order valence-corrected chi connectivity index (χ3v) is 5.32. The molecule has 0 aromatic heterocycles. The molecule has 4 nitrogen and oxygen atoms in total. The summed E-state index contributed by atoms with van der Waals surface area (Å²) in [4.78, 5) is 11.8. The van der Waals surface area contributed by atoms with Gasteiger partial charge in [0.1, 0.15) is 0 Å². The zero-order valence-corrected chi connectivity index (χ0v) is 12.1. The molecule has 4 rings (SSSR count). The van der Waals surface area contributed by atoms with E-state index in [0.717, 1.165) is 55.6 Å². The Bertz CT molecular complexity index is 580. The fourth-order valence-corrected chi connectivity index (χ4v) is 4.11. The average molecular weight is 288 g/mol. The lowest BCUT2D eigenvalue weighted by Gasteiger charge is -2.24. The van der Waals surface area contributed by atoms with E-state index < -0.39 is 17.2 Å². The summed E-state index contributed by atoms with van der Waals surface area (Å²) >= 11 is 0. The Hall–Kier alpha value is -1.71. The number of hydrogen-bond donors (Lipinski definition) is 1. The van der Waals surface area contributed by atoms with Crippen molar-refractivity contribution in [2.45, 2.75) is 62.6 Å². The maximum atomic E-state index is 11.8. The molecule has 1 spiro atoms. The van der Waals surface area contributed by atoms with Gasteiger partial charge in [0.05, 0.1) is 5.41 Å². The van der Waals surface area contributed by atoms with Crippen LogP contribution >= 0.6 is 0 Å². The van der Waals surface area contributed by atoms with Crippen molar-refractivity contribution in [3.8, 4) is 11.5 Å². The van der Waals surface area contributed by atoms with Crippen molar-refractivity contribution in [1.29, 1.82) is 0 Å². The first kappa shape index (κ1) is 13.0. The minimum atomic E-state index is -0.732. The Morgan fingerprint density at radius 2 is 1.57 bits per heavy atom. The molecule has 2 saturated carbocycles. The first-order valence-corrected chi connectivity index (χ1v) is 7.90. The van der Waals surface area contributed by atoms with Gasteiger partial charge in [0.25, 0.3) is 5.79 Å². The molecule has 112 valence electrons. The highest BCUT2D eigenvalue weighted by molar-refractivity contribution is 5.82. The van der Waals surface area contributed by atoms with Gasteiger partial charge in [-0.25, -0.2) is 0 Å². The Balaban J connectivity index is 1.70. The summed E-state index contributed by atoms with van der Waals surface area (Å²) in [5, 5.41) is 9.70. The van der Waals surface area contributed by atoms with Crippen LogP contribution in [0.4, 0.5) is 0 Å². The van der Waals surface area contributed by atoms with E-state index in [1.807, 2.05) is 18.2 Å². The molecule has 2 fully saturated rings. The average Bonchev–Trinajstić information content (AvgIpc) is 3.17. The lowest BCUT2D eigenvalue weighted by atomic mass is 9.79. The van der Waals surface area contributed by atoms with Gasteiger partial charge in [0.2, 0.25) is 0 Å². The summed E-state index contributed by atoms with van der Waals surface area (Å²) in [6, 6.07) is 5.71. The van der Waals surface area contributed by atoms with E-state index >= 15 is 0 Å². The van der Waals surface area contributed by atoms with Crippen LogP contribution in [0.3, 0.4) is 0 Å². The second kappa shape index (κ2) is 4.39. The molecule has 0 saturated heterocycles. The zero-order chi connectivity index (χ0) is 14.5. The summed E-state index contributed by atoms with van der Waals surface area (Å²) in [7, 11) is 0. The zero-order valence-electron chi connectivity index (χ0n) is 12.1. The quantitative estimate of drug-likeness (QED) is 0.903. The number of carboxylic acids is 1. The van der Waals surface area contributed by atoms with Crippen molar-refractivity contribution in [2.24, 2.45) is 0 Å². The highest BCUT2D eigenvalue weighted by Gasteiger charge is 2.47. The maximum absolute atomic E-state index is 11.8. The van der Waals surface area contributed by atoms with E-state index in [2.05, 4.69) is 0 Å². The monoisotopic (exact) mass is 288 g/mol. The minimum absolute atomic E-state index is 0.479. The third-order valence-electron chi connectivity index (χ3n) is 5.32. The van der Waals surface area contributed by atoms with E-state index in [9.17, 15) is 9.90 Å². The number of aliphatic carboxylic acids is 1. The van der Waals surface area contributed by atoms with Crippen LogP contribution in [0.15, 0.2) is 18.2 Å². The Labute approximate surface area is 124 Å². The summed E-state index contributed by atoms with van der Waals surface area (Å²) in [6.45, 7) is 0. The van der Waals surface area contributed by atoms with Gasteiger partial charge in [0.15, 0.2) is 11.5 Å². The summed E-state index contributed by atoms with van der Waals surface area (Å²) in [6.07, 6.45) is 7.47. The number of benzene rings is 1. The molecule has 0 amide bonds. The normalized spacial score (nSPS) is 24.6. The van der Waals surface area contributed by atoms with Crippen molar-refractivity contribution in [3.05, 3.63) is 23.8 Å². The van der Waals surface area contributed by atoms with Crippen molar-refractivity contribution in [1.82, 2.24) is 0 Å². The van der Waals surface area contributed by atoms with Gasteiger partial charge in [-0.2, -0.15) is 0 Å². The van der Waals surface area contributed by atoms with Crippen LogP contribution in [-0.4, -0.2) is 16.9 Å². The lowest BCUT2D eigenvalue weighted by Crippen LogP contribution is -2.34. The van der Waals surface area contributed by atoms with Crippen LogP contribution in [0, 0.1) is 0 Å². The molecule has 1 N–H and O–H groups in total. The van der Waals surface area contributed by atoms with E-state index in [-0.39, 0.29) is 0 Å². The molecule has 1 aromatic rings. The predicted molar refractivity (Wildman–Crippen MR) is 76.7 cm³/mol. The molecule has 2 aliphatic carbocycles. The molecule has 21 heavy (non-hydrogen) atoms. The third kappa shape index (κ3) is 1.84. The SMILES string of the molecule is O=C(O)C1(c2ccc3c(c2)OC2(CCCC2)O3)CCCC1. The Morgan fingerprint density at radius 3 is 2.24 bits per heavy atom. The number of rotatable bonds is 2. The number of carbonyl (C=O) groups is 1. The Kier molecular flexibility index (Phi) is 2.72. The first-order valence-electron chi connectivity index (χ1n) is 7.90. The maximum Gasteiger partial charge on any atom is 0.314 e. The number of carboxylic acid groups (broad SMARTS) is 1. The van der Waals surface area contributed by atoms with Crippen LogP contribution in [0.1, 0.15) is 56.9 Å². The molecule has 4 heteroatoms. The molecule has 1 aliphatic heterocycles. The largest absolute Gasteiger partial charge is 0.481 e. The second-order valence-corrected chi connectivity index (χ2v) is 6.58. The van der Waals surface area contributed by atoms with Gasteiger partial charge in [0, 0.05) is 12.8 Å². The molecule has 0 unspecified atom stereocenters. The first-order chi connectivity index (χ1) is 10.1. The number of ether oxygens (including phenoxy) is 2. The van der Waals surface area contributed by atoms with E-state index in [1.165, 1.54) is 0 Å². The molecule has 1 aromatic carbocycles. The topological polar surface area (TPSA) is 55.8 Å². The van der Waals surface area contributed by atoms with Crippen molar-refractivity contribution in [3.63, 3.8) is 0 Å². The lowest BCUT2D eigenvalue weighted by molar-refractivity contribution is -0.143. The van der Waals surface area contributed by atoms with Crippen LogP contribution in [0.25, 0.3) is 0 Å². The fourth-order valence-electron chi connectivity index (χ4n) is 4.11. The van der Waals surface area contributed by atoms with Crippen LogP contribution in [-0.2, 0) is 10.2 Å². The van der Waals surface area contributed by atoms with Gasteiger partial charge in [-0.3, -0.25) is 4.79 Å². The number of fused-ring (bicyclic) bond motifs is 1. The van der Waals surface area contributed by atoms with E-state index in [0.29, 0.717) is 12.8 Å². The fraction of sp³-hybridized carbons (Fsp3) is 0.588. The van der Waals surface area contributed by atoms with E-state index in [4.69, 9.17) is 9.47 Å². The van der Waals surface area contributed by atoms with Crippen LogP contribution in [0.5, 0.6) is 11.5 Å². The standard InChI is InChI=1S/C17H20O4/c18-15(19)16(7-1-2-8-16)12-5-6-13-14(11-12)21-17(20-13)9-3-4-10-17/h5-6,11H,1-4,7-10H2,(H,18,19). The molecule has 0 radical (unpaired) electrons. The molecule has 1 heterocycles. The van der Waals surface area contributed by atoms with Gasteiger partial charge >= 0.3 is 5.97 Å². The van der Waals surface area contributed by atoms with Gasteiger partial charge in [-0.15, -0.1) is 0 Å². The molecule has 0 atom stereocenters. The van der Waals surface area contributed by atoms with Crippen LogP contribution < -0.4 is 9.47 Å². The van der Waals surface area contributed by atoms with Gasteiger partial charge in [-0.05, 0) is 43.4 Å². The minimum Gasteiger partial charge on any atom is -0.481 e. The van der Waals surface area contributed by atoms with E-state index in [1.54, 1.807) is 0 Å². The second-order valence-electron chi connectivity index (χ2n) is 6.58. The highest BCUT2D eigenvalue weighted by atomic mass is 16.7. The highest BCUT2D eigenvalue weighted by Crippen LogP contribution is 2.49. The molecule has 3 aliphatic rings. The summed E-state index contributed by atoms with van der Waals surface area (Å²) < 4.78 is 12.1. The predicted octanol–water partition coefficient (Wildman–Crippen LogP) is 3.62. The smallest absolute Gasteiger partial charge is 0.314 e. The van der Waals surface area contributed by atoms with Crippen molar-refractivity contribution < 1.29 is 19.4 Å². The van der Waals surface area contributed by atoms with Gasteiger partial charge in [-0.1, -0.05) is 18.9 Å².